The molecular weight excluding hydrogens is 362 g/mol. The van der Waals surface area contributed by atoms with E-state index < -0.39 is 5.97 Å². The number of carboxylic acid groups (broad SMARTS) is 1. The summed E-state index contributed by atoms with van der Waals surface area (Å²) in [6.45, 7) is 6.24. The molecule has 1 heterocycles. The monoisotopic (exact) mass is 391 g/mol. The molecule has 5 nitrogen and oxygen atoms in total. The van der Waals surface area contributed by atoms with Crippen LogP contribution in [0.25, 0.3) is 11.3 Å². The fraction of sp³-hybridized carbons (Fsp3) is 0.333. The van der Waals surface area contributed by atoms with Crippen molar-refractivity contribution < 1.29 is 9.90 Å². The van der Waals surface area contributed by atoms with Crippen molar-refractivity contribution >= 4 is 5.97 Å². The summed E-state index contributed by atoms with van der Waals surface area (Å²) in [5.41, 5.74) is 5.52. The largest absolute Gasteiger partial charge is 0.480 e. The minimum atomic E-state index is -0.802. The van der Waals surface area contributed by atoms with Crippen LogP contribution in [0.1, 0.15) is 37.0 Å². The quantitative estimate of drug-likeness (QED) is 0.554. The molecule has 0 aliphatic carbocycles. The summed E-state index contributed by atoms with van der Waals surface area (Å²) in [7, 11) is 0. The van der Waals surface area contributed by atoms with Crippen LogP contribution in [0.15, 0.2) is 60.8 Å². The third-order valence-corrected chi connectivity index (χ3v) is 4.95. The Morgan fingerprint density at radius 1 is 1.03 bits per heavy atom. The van der Waals surface area contributed by atoms with Gasteiger partial charge in [0, 0.05) is 23.9 Å². The van der Waals surface area contributed by atoms with Crippen LogP contribution in [0, 0.1) is 0 Å². The first-order chi connectivity index (χ1) is 14.1. The third-order valence-electron chi connectivity index (χ3n) is 4.95. The predicted octanol–water partition coefficient (Wildman–Crippen LogP) is 4.46. The molecular formula is C24H29N3O2. The van der Waals surface area contributed by atoms with Gasteiger partial charge in [0.2, 0.25) is 0 Å². The van der Waals surface area contributed by atoms with Crippen LogP contribution in [0.4, 0.5) is 0 Å². The number of hydrogen-bond acceptors (Lipinski definition) is 3. The molecule has 1 N–H and O–H groups in total. The first-order valence-corrected chi connectivity index (χ1v) is 10.2. The van der Waals surface area contributed by atoms with Crippen LogP contribution in [-0.4, -0.2) is 38.8 Å². The Morgan fingerprint density at radius 3 is 2.38 bits per heavy atom. The lowest BCUT2D eigenvalue weighted by molar-refractivity contribution is -0.138. The van der Waals surface area contributed by atoms with Gasteiger partial charge in [-0.3, -0.25) is 14.4 Å². The zero-order valence-corrected chi connectivity index (χ0v) is 17.2. The Morgan fingerprint density at radius 2 is 1.76 bits per heavy atom. The molecule has 0 unspecified atom stereocenters. The molecule has 1 aromatic heterocycles. The number of rotatable bonds is 10. The number of hydrogen-bond donors (Lipinski definition) is 1. The molecule has 2 aromatic carbocycles. The maximum absolute atomic E-state index is 11.3. The number of carbonyl (C=O) groups is 1. The van der Waals surface area contributed by atoms with Crippen LogP contribution < -0.4 is 0 Å². The van der Waals surface area contributed by atoms with E-state index in [-0.39, 0.29) is 6.54 Å². The van der Waals surface area contributed by atoms with E-state index in [9.17, 15) is 9.90 Å². The molecule has 0 saturated carbocycles. The molecule has 0 bridgehead atoms. The highest BCUT2D eigenvalue weighted by atomic mass is 16.4. The first kappa shape index (κ1) is 20.8. The topological polar surface area (TPSA) is 58.4 Å². The zero-order valence-electron chi connectivity index (χ0n) is 17.2. The van der Waals surface area contributed by atoms with Crippen molar-refractivity contribution in [2.75, 3.05) is 13.1 Å². The summed E-state index contributed by atoms with van der Waals surface area (Å²) in [5.74, 6) is -0.802. The predicted molar refractivity (Wildman–Crippen MR) is 116 cm³/mol. The Labute approximate surface area is 172 Å². The van der Waals surface area contributed by atoms with Crippen LogP contribution in [0.2, 0.25) is 0 Å². The summed E-state index contributed by atoms with van der Waals surface area (Å²) in [4.78, 5) is 13.3. The van der Waals surface area contributed by atoms with Crippen molar-refractivity contribution in [1.82, 2.24) is 14.7 Å². The van der Waals surface area contributed by atoms with E-state index in [4.69, 9.17) is 5.10 Å². The average Bonchev–Trinajstić information content (AvgIpc) is 3.10. The SMILES string of the molecule is CCCN(CC(=O)O)Cc1cn(Cc2ccccc2)nc1-c1ccc(CC)cc1. The highest BCUT2D eigenvalue weighted by Gasteiger charge is 2.16. The fourth-order valence-corrected chi connectivity index (χ4v) is 3.53. The van der Waals surface area contributed by atoms with E-state index in [1.807, 2.05) is 27.8 Å². The first-order valence-electron chi connectivity index (χ1n) is 10.2. The molecule has 0 atom stereocenters. The van der Waals surface area contributed by atoms with E-state index in [1.165, 1.54) is 11.1 Å². The van der Waals surface area contributed by atoms with E-state index >= 15 is 0 Å². The zero-order chi connectivity index (χ0) is 20.6. The molecule has 3 aromatic rings. The van der Waals surface area contributed by atoms with Crippen LogP contribution >= 0.6 is 0 Å². The van der Waals surface area contributed by atoms with Crippen molar-refractivity contribution in [3.8, 4) is 11.3 Å². The number of aryl methyl sites for hydroxylation is 1. The van der Waals surface area contributed by atoms with E-state index in [0.717, 1.165) is 36.2 Å². The van der Waals surface area contributed by atoms with E-state index in [1.54, 1.807) is 0 Å². The molecule has 0 amide bonds. The summed E-state index contributed by atoms with van der Waals surface area (Å²) in [6.07, 6.45) is 3.96. The van der Waals surface area contributed by atoms with Crippen LogP contribution in [-0.2, 0) is 24.3 Å². The fourth-order valence-electron chi connectivity index (χ4n) is 3.53. The highest BCUT2D eigenvalue weighted by molar-refractivity contribution is 5.69. The Bertz CT molecular complexity index is 917. The molecule has 0 radical (unpaired) electrons. The van der Waals surface area contributed by atoms with Gasteiger partial charge in [-0.05, 0) is 30.5 Å². The minimum Gasteiger partial charge on any atom is -0.480 e. The lowest BCUT2D eigenvalue weighted by Crippen LogP contribution is -2.30. The standard InChI is InChI=1S/C24H29N3O2/c1-3-14-26(18-23(28)29)16-22-17-27(15-20-8-6-5-7-9-20)25-24(22)21-12-10-19(4-2)11-13-21/h5-13,17H,3-4,14-16,18H2,1-2H3,(H,28,29). The molecule has 3 rings (SSSR count). The van der Waals surface area contributed by atoms with E-state index in [2.05, 4.69) is 56.4 Å². The van der Waals surface area contributed by atoms with Crippen molar-refractivity contribution in [2.45, 2.75) is 39.8 Å². The Hall–Kier alpha value is -2.92. The lowest BCUT2D eigenvalue weighted by Gasteiger charge is -2.19. The number of nitrogens with zero attached hydrogens (tertiary/aromatic N) is 3. The number of aromatic nitrogens is 2. The number of aliphatic carboxylic acids is 1. The molecule has 0 aliphatic rings. The van der Waals surface area contributed by atoms with Gasteiger partial charge in [-0.15, -0.1) is 0 Å². The van der Waals surface area contributed by atoms with Gasteiger partial charge in [-0.2, -0.15) is 5.10 Å². The second-order valence-electron chi connectivity index (χ2n) is 7.34. The lowest BCUT2D eigenvalue weighted by atomic mass is 10.0. The normalized spacial score (nSPS) is 11.1. The van der Waals surface area contributed by atoms with Crippen molar-refractivity contribution in [2.24, 2.45) is 0 Å². The Balaban J connectivity index is 1.93. The summed E-state index contributed by atoms with van der Waals surface area (Å²) in [5, 5.41) is 14.1. The van der Waals surface area contributed by atoms with Gasteiger partial charge in [-0.1, -0.05) is 68.4 Å². The maximum atomic E-state index is 11.3. The molecule has 0 saturated heterocycles. The van der Waals surface area contributed by atoms with E-state index in [0.29, 0.717) is 13.1 Å². The molecule has 0 spiro atoms. The molecule has 29 heavy (non-hydrogen) atoms. The minimum absolute atomic E-state index is 0.0336. The van der Waals surface area contributed by atoms with Crippen LogP contribution in [0.5, 0.6) is 0 Å². The summed E-state index contributed by atoms with van der Waals surface area (Å²) >= 11 is 0. The van der Waals surface area contributed by atoms with Crippen LogP contribution in [0.3, 0.4) is 0 Å². The second kappa shape index (κ2) is 10.0. The number of carboxylic acids is 1. The van der Waals surface area contributed by atoms with Gasteiger partial charge in [-0.25, -0.2) is 0 Å². The van der Waals surface area contributed by atoms with Gasteiger partial charge in [0.15, 0.2) is 0 Å². The van der Waals surface area contributed by atoms with Crippen molar-refractivity contribution in [3.63, 3.8) is 0 Å². The molecule has 5 heteroatoms. The summed E-state index contributed by atoms with van der Waals surface area (Å²) < 4.78 is 1.96. The summed E-state index contributed by atoms with van der Waals surface area (Å²) in [6, 6.07) is 18.7. The van der Waals surface area contributed by atoms with Gasteiger partial charge in [0.1, 0.15) is 0 Å². The highest BCUT2D eigenvalue weighted by Crippen LogP contribution is 2.25. The number of benzene rings is 2. The van der Waals surface area contributed by atoms with Gasteiger partial charge >= 0.3 is 5.97 Å². The third kappa shape index (κ3) is 5.78. The van der Waals surface area contributed by atoms with Gasteiger partial charge < -0.3 is 5.11 Å². The smallest absolute Gasteiger partial charge is 0.317 e. The van der Waals surface area contributed by atoms with Gasteiger partial charge in [0.25, 0.3) is 0 Å². The average molecular weight is 392 g/mol. The second-order valence-corrected chi connectivity index (χ2v) is 7.34. The van der Waals surface area contributed by atoms with Gasteiger partial charge in [0.05, 0.1) is 18.8 Å². The maximum Gasteiger partial charge on any atom is 0.317 e. The van der Waals surface area contributed by atoms with Crippen molar-refractivity contribution in [1.29, 1.82) is 0 Å². The molecule has 0 aliphatic heterocycles. The van der Waals surface area contributed by atoms with Crippen molar-refractivity contribution in [3.05, 3.63) is 77.5 Å². The molecule has 152 valence electrons. The Kier molecular flexibility index (Phi) is 7.19. The molecule has 0 fully saturated rings.